The molecule has 29 heavy (non-hydrogen) atoms. The van der Waals surface area contributed by atoms with Crippen molar-refractivity contribution >= 4 is 40.9 Å². The molecular formula is C20H19ClF2N2O3S. The van der Waals surface area contributed by atoms with Crippen molar-refractivity contribution < 1.29 is 23.1 Å². The Morgan fingerprint density at radius 3 is 2.38 bits per heavy atom. The van der Waals surface area contributed by atoms with Gasteiger partial charge in [0, 0.05) is 41.8 Å². The molecule has 1 aliphatic heterocycles. The lowest BCUT2D eigenvalue weighted by Gasteiger charge is -2.36. The molecule has 1 aliphatic rings. The van der Waals surface area contributed by atoms with Crippen LogP contribution in [-0.4, -0.2) is 55.3 Å². The topological polar surface area (TPSA) is 49.9 Å². The van der Waals surface area contributed by atoms with Crippen LogP contribution in [0.2, 0.25) is 5.02 Å². The van der Waals surface area contributed by atoms with Gasteiger partial charge in [-0.25, -0.2) is 4.79 Å². The van der Waals surface area contributed by atoms with Crippen LogP contribution in [0.25, 0.3) is 0 Å². The summed E-state index contributed by atoms with van der Waals surface area (Å²) in [5, 5.41) is 0.661. The molecule has 1 heterocycles. The van der Waals surface area contributed by atoms with Crippen molar-refractivity contribution in [1.29, 1.82) is 0 Å². The number of nitrogens with zero attached hydrogens (tertiary/aromatic N) is 2. The number of esters is 1. The van der Waals surface area contributed by atoms with Gasteiger partial charge in [0.1, 0.15) is 0 Å². The lowest BCUT2D eigenvalue weighted by Crippen LogP contribution is -2.49. The van der Waals surface area contributed by atoms with Gasteiger partial charge >= 0.3 is 5.97 Å². The second kappa shape index (κ2) is 9.93. The molecule has 0 unspecified atom stereocenters. The fraction of sp³-hybridized carbons (Fsp3) is 0.300. The Bertz CT molecular complexity index is 859. The molecule has 0 saturated carbocycles. The normalized spacial score (nSPS) is 14.2. The molecule has 154 valence electrons. The number of benzene rings is 2. The number of piperazine rings is 1. The summed E-state index contributed by atoms with van der Waals surface area (Å²) >= 11 is 6.42. The number of hydrogen-bond acceptors (Lipinski definition) is 5. The fourth-order valence-electron chi connectivity index (χ4n) is 2.96. The van der Waals surface area contributed by atoms with Crippen molar-refractivity contribution in [3.63, 3.8) is 0 Å². The van der Waals surface area contributed by atoms with E-state index in [1.807, 2.05) is 24.3 Å². The molecule has 1 fully saturated rings. The lowest BCUT2D eigenvalue weighted by molar-refractivity contribution is -0.134. The van der Waals surface area contributed by atoms with E-state index < -0.39 is 11.7 Å². The predicted octanol–water partition coefficient (Wildman–Crippen LogP) is 4.16. The number of thioether (sulfide) groups is 1. The van der Waals surface area contributed by atoms with Gasteiger partial charge in [-0.2, -0.15) is 8.78 Å². The van der Waals surface area contributed by atoms with E-state index in [2.05, 4.69) is 4.90 Å². The van der Waals surface area contributed by atoms with Gasteiger partial charge in [0.15, 0.2) is 6.61 Å². The third-order valence-electron chi connectivity index (χ3n) is 4.45. The van der Waals surface area contributed by atoms with Crippen LogP contribution < -0.4 is 4.90 Å². The van der Waals surface area contributed by atoms with Crippen molar-refractivity contribution in [2.45, 2.75) is 10.7 Å². The summed E-state index contributed by atoms with van der Waals surface area (Å²) in [6.07, 6.45) is 0. The van der Waals surface area contributed by atoms with Crippen LogP contribution in [0.3, 0.4) is 0 Å². The number of anilines is 1. The first-order valence-corrected chi connectivity index (χ1v) is 10.2. The molecule has 0 N–H and O–H groups in total. The fourth-order valence-corrected chi connectivity index (χ4v) is 3.64. The van der Waals surface area contributed by atoms with Gasteiger partial charge in [0.05, 0.1) is 5.56 Å². The second-order valence-electron chi connectivity index (χ2n) is 6.33. The SMILES string of the molecule is O=C(OCC(=O)N1CCN(c2cccc(Cl)c2)CC1)c1ccc(SC(F)F)cc1. The van der Waals surface area contributed by atoms with E-state index in [1.165, 1.54) is 24.3 Å². The summed E-state index contributed by atoms with van der Waals surface area (Å²) in [4.78, 5) is 28.5. The predicted molar refractivity (Wildman–Crippen MR) is 109 cm³/mol. The summed E-state index contributed by atoms with van der Waals surface area (Å²) in [7, 11) is 0. The van der Waals surface area contributed by atoms with Crippen LogP contribution >= 0.6 is 23.4 Å². The highest BCUT2D eigenvalue weighted by Gasteiger charge is 2.22. The zero-order valence-electron chi connectivity index (χ0n) is 15.4. The number of halogens is 3. The van der Waals surface area contributed by atoms with Gasteiger partial charge in [0.2, 0.25) is 0 Å². The third-order valence-corrected chi connectivity index (χ3v) is 5.41. The van der Waals surface area contributed by atoms with Gasteiger partial charge in [-0.3, -0.25) is 4.79 Å². The van der Waals surface area contributed by atoms with Crippen LogP contribution in [0.1, 0.15) is 10.4 Å². The first-order chi connectivity index (χ1) is 13.9. The van der Waals surface area contributed by atoms with Gasteiger partial charge < -0.3 is 14.5 Å². The van der Waals surface area contributed by atoms with E-state index in [0.29, 0.717) is 47.9 Å². The van der Waals surface area contributed by atoms with E-state index in [1.54, 1.807) is 4.90 Å². The molecule has 3 rings (SSSR count). The molecule has 0 radical (unpaired) electrons. The number of alkyl halides is 2. The standard InChI is InChI=1S/C20H19ClF2N2O3S/c21-15-2-1-3-16(12-15)24-8-10-25(11-9-24)18(26)13-28-19(27)14-4-6-17(7-5-14)29-20(22)23/h1-7,12,20H,8-11,13H2. The van der Waals surface area contributed by atoms with Gasteiger partial charge in [-0.05, 0) is 42.5 Å². The molecule has 5 nitrogen and oxygen atoms in total. The van der Waals surface area contributed by atoms with Gasteiger partial charge in [-0.15, -0.1) is 0 Å². The zero-order valence-corrected chi connectivity index (χ0v) is 17.0. The summed E-state index contributed by atoms with van der Waals surface area (Å²) in [6.45, 7) is 1.99. The van der Waals surface area contributed by atoms with Crippen LogP contribution in [0.5, 0.6) is 0 Å². The van der Waals surface area contributed by atoms with E-state index in [9.17, 15) is 18.4 Å². The number of carbonyl (C=O) groups excluding carboxylic acids is 2. The Hall–Kier alpha value is -2.32. The molecule has 0 aliphatic carbocycles. The Morgan fingerprint density at radius 1 is 1.07 bits per heavy atom. The molecule has 0 aromatic heterocycles. The minimum Gasteiger partial charge on any atom is -0.452 e. The van der Waals surface area contributed by atoms with Gasteiger partial charge in [-0.1, -0.05) is 29.4 Å². The lowest BCUT2D eigenvalue weighted by atomic mass is 10.2. The van der Waals surface area contributed by atoms with Crippen molar-refractivity contribution in [3.05, 3.63) is 59.1 Å². The Morgan fingerprint density at radius 2 is 1.76 bits per heavy atom. The number of rotatable bonds is 6. The maximum atomic E-state index is 12.3. The molecule has 0 spiro atoms. The summed E-state index contributed by atoms with van der Waals surface area (Å²) in [5.41, 5.74) is 1.21. The van der Waals surface area contributed by atoms with Crippen molar-refractivity contribution in [1.82, 2.24) is 4.90 Å². The summed E-state index contributed by atoms with van der Waals surface area (Å²) in [6, 6.07) is 13.2. The summed E-state index contributed by atoms with van der Waals surface area (Å²) < 4.78 is 29.7. The number of hydrogen-bond donors (Lipinski definition) is 0. The highest BCUT2D eigenvalue weighted by Crippen LogP contribution is 2.25. The van der Waals surface area contributed by atoms with Crippen LogP contribution in [0.4, 0.5) is 14.5 Å². The first kappa shape index (κ1) is 21.4. The van der Waals surface area contributed by atoms with Crippen LogP contribution in [0, 0.1) is 0 Å². The number of carbonyl (C=O) groups is 2. The molecule has 9 heteroatoms. The van der Waals surface area contributed by atoms with E-state index >= 15 is 0 Å². The van der Waals surface area contributed by atoms with Crippen LogP contribution in [0.15, 0.2) is 53.4 Å². The Balaban J connectivity index is 1.45. The highest BCUT2D eigenvalue weighted by atomic mass is 35.5. The zero-order chi connectivity index (χ0) is 20.8. The Labute approximate surface area is 176 Å². The largest absolute Gasteiger partial charge is 0.452 e. The average Bonchev–Trinajstić information content (AvgIpc) is 2.72. The maximum Gasteiger partial charge on any atom is 0.338 e. The molecule has 2 aromatic rings. The third kappa shape index (κ3) is 6.08. The van der Waals surface area contributed by atoms with Crippen molar-refractivity contribution in [2.24, 2.45) is 0 Å². The Kier molecular flexibility index (Phi) is 7.33. The molecule has 2 aromatic carbocycles. The van der Waals surface area contributed by atoms with E-state index in [-0.39, 0.29) is 18.1 Å². The van der Waals surface area contributed by atoms with Crippen molar-refractivity contribution in [3.8, 4) is 0 Å². The minimum atomic E-state index is -2.52. The highest BCUT2D eigenvalue weighted by molar-refractivity contribution is 7.99. The monoisotopic (exact) mass is 440 g/mol. The maximum absolute atomic E-state index is 12.3. The molecule has 0 bridgehead atoms. The van der Waals surface area contributed by atoms with Gasteiger partial charge in [0.25, 0.3) is 11.7 Å². The average molecular weight is 441 g/mol. The second-order valence-corrected chi connectivity index (χ2v) is 7.83. The summed E-state index contributed by atoms with van der Waals surface area (Å²) in [5.74, 6) is -3.46. The molecule has 1 amide bonds. The molecule has 1 saturated heterocycles. The number of amides is 1. The smallest absolute Gasteiger partial charge is 0.338 e. The van der Waals surface area contributed by atoms with E-state index in [4.69, 9.17) is 16.3 Å². The molecular weight excluding hydrogens is 422 g/mol. The minimum absolute atomic E-state index is 0.210. The van der Waals surface area contributed by atoms with Crippen molar-refractivity contribution in [2.75, 3.05) is 37.7 Å². The van der Waals surface area contributed by atoms with Crippen LogP contribution in [-0.2, 0) is 9.53 Å². The first-order valence-electron chi connectivity index (χ1n) is 8.92. The number of ether oxygens (including phenoxy) is 1. The quantitative estimate of drug-likeness (QED) is 0.498. The molecule has 0 atom stereocenters. The van der Waals surface area contributed by atoms with E-state index in [0.717, 1.165) is 5.69 Å².